The molecule has 1 aliphatic carbocycles. The summed E-state index contributed by atoms with van der Waals surface area (Å²) in [5.74, 6) is 0. The van der Waals surface area contributed by atoms with Gasteiger partial charge < -0.3 is 5.73 Å². The Morgan fingerprint density at radius 1 is 1.29 bits per heavy atom. The Hall–Kier alpha value is -1.84. The number of primary amides is 1. The van der Waals surface area contributed by atoms with Crippen molar-refractivity contribution in [3.63, 3.8) is 0 Å². The number of amides is 2. The molecule has 0 atom stereocenters. The summed E-state index contributed by atoms with van der Waals surface area (Å²) in [6.07, 6.45) is 3.03. The van der Waals surface area contributed by atoms with Crippen molar-refractivity contribution in [1.82, 2.24) is 5.43 Å². The summed E-state index contributed by atoms with van der Waals surface area (Å²) in [4.78, 5) is 10.7. The number of aryl methyl sites for hydroxylation is 2. The normalized spacial score (nSPS) is 16.7. The topological polar surface area (TPSA) is 67.5 Å². The van der Waals surface area contributed by atoms with Gasteiger partial charge in [0.1, 0.15) is 0 Å². The Balaban J connectivity index is 2.47. The SMILES string of the molecule is Cc1ccc(C)c2c1CCC/C2=N\NC(N)=O. The van der Waals surface area contributed by atoms with Gasteiger partial charge in [0.15, 0.2) is 0 Å². The van der Waals surface area contributed by atoms with Crippen LogP contribution < -0.4 is 11.2 Å². The van der Waals surface area contributed by atoms with Crippen LogP contribution in [-0.2, 0) is 6.42 Å². The van der Waals surface area contributed by atoms with E-state index in [4.69, 9.17) is 5.73 Å². The average molecular weight is 231 g/mol. The second-order valence-electron chi connectivity index (χ2n) is 4.44. The summed E-state index contributed by atoms with van der Waals surface area (Å²) < 4.78 is 0. The molecule has 17 heavy (non-hydrogen) atoms. The van der Waals surface area contributed by atoms with Crippen LogP contribution in [0.5, 0.6) is 0 Å². The zero-order chi connectivity index (χ0) is 12.4. The first-order valence-electron chi connectivity index (χ1n) is 5.81. The fourth-order valence-electron chi connectivity index (χ4n) is 2.39. The molecule has 0 aromatic heterocycles. The van der Waals surface area contributed by atoms with Crippen molar-refractivity contribution in [3.8, 4) is 0 Å². The molecule has 2 rings (SSSR count). The van der Waals surface area contributed by atoms with Gasteiger partial charge in [0, 0.05) is 5.56 Å². The van der Waals surface area contributed by atoms with E-state index in [1.54, 1.807) is 0 Å². The molecule has 1 aromatic carbocycles. The smallest absolute Gasteiger partial charge is 0.332 e. The molecule has 0 bridgehead atoms. The molecule has 3 N–H and O–H groups in total. The first-order chi connectivity index (χ1) is 8.09. The van der Waals surface area contributed by atoms with Crippen LogP contribution in [-0.4, -0.2) is 11.7 Å². The van der Waals surface area contributed by atoms with Crippen LogP contribution in [0.2, 0.25) is 0 Å². The predicted octanol–water partition coefficient (Wildman–Crippen LogP) is 2.01. The maximum Gasteiger partial charge on any atom is 0.332 e. The van der Waals surface area contributed by atoms with Gasteiger partial charge in [-0.15, -0.1) is 0 Å². The van der Waals surface area contributed by atoms with E-state index in [9.17, 15) is 4.79 Å². The van der Waals surface area contributed by atoms with E-state index in [0.717, 1.165) is 25.0 Å². The predicted molar refractivity (Wildman–Crippen MR) is 68.1 cm³/mol. The first-order valence-corrected chi connectivity index (χ1v) is 5.81. The Morgan fingerprint density at radius 2 is 2.00 bits per heavy atom. The molecule has 2 amide bonds. The van der Waals surface area contributed by atoms with Crippen molar-refractivity contribution in [2.75, 3.05) is 0 Å². The van der Waals surface area contributed by atoms with Crippen LogP contribution in [0.15, 0.2) is 17.2 Å². The number of nitrogens with one attached hydrogen (secondary N) is 1. The van der Waals surface area contributed by atoms with Crippen LogP contribution in [0.3, 0.4) is 0 Å². The quantitative estimate of drug-likeness (QED) is 0.713. The second kappa shape index (κ2) is 4.57. The van der Waals surface area contributed by atoms with E-state index in [2.05, 4.69) is 36.5 Å². The summed E-state index contributed by atoms with van der Waals surface area (Å²) in [6.45, 7) is 4.19. The highest BCUT2D eigenvalue weighted by molar-refractivity contribution is 6.04. The molecule has 0 spiro atoms. The number of nitrogens with two attached hydrogens (primary N) is 1. The number of carbonyl (C=O) groups excluding carboxylic acids is 1. The lowest BCUT2D eigenvalue weighted by Crippen LogP contribution is -2.27. The number of carbonyl (C=O) groups is 1. The van der Waals surface area contributed by atoms with Gasteiger partial charge in [-0.25, -0.2) is 10.2 Å². The summed E-state index contributed by atoms with van der Waals surface area (Å²) >= 11 is 0. The maximum absolute atomic E-state index is 10.7. The summed E-state index contributed by atoms with van der Waals surface area (Å²) in [6, 6.07) is 3.62. The third kappa shape index (κ3) is 2.30. The van der Waals surface area contributed by atoms with E-state index >= 15 is 0 Å². The molecule has 0 fully saturated rings. The van der Waals surface area contributed by atoms with Crippen molar-refractivity contribution < 1.29 is 4.79 Å². The van der Waals surface area contributed by atoms with E-state index < -0.39 is 6.03 Å². The van der Waals surface area contributed by atoms with Crippen LogP contribution in [0.1, 0.15) is 35.1 Å². The maximum atomic E-state index is 10.7. The molecule has 0 aliphatic heterocycles. The lowest BCUT2D eigenvalue weighted by atomic mass is 9.84. The van der Waals surface area contributed by atoms with Crippen LogP contribution >= 0.6 is 0 Å². The van der Waals surface area contributed by atoms with E-state index in [-0.39, 0.29) is 0 Å². The zero-order valence-corrected chi connectivity index (χ0v) is 10.2. The zero-order valence-electron chi connectivity index (χ0n) is 10.2. The van der Waals surface area contributed by atoms with Crippen LogP contribution in [0.4, 0.5) is 4.79 Å². The van der Waals surface area contributed by atoms with Gasteiger partial charge in [-0.1, -0.05) is 12.1 Å². The molecule has 4 heteroatoms. The van der Waals surface area contributed by atoms with Crippen molar-refractivity contribution in [2.45, 2.75) is 33.1 Å². The van der Waals surface area contributed by atoms with Gasteiger partial charge in [0.05, 0.1) is 5.71 Å². The molecule has 0 saturated carbocycles. The Labute approximate surface area is 101 Å². The fraction of sp³-hybridized carbons (Fsp3) is 0.385. The van der Waals surface area contributed by atoms with Crippen molar-refractivity contribution in [2.24, 2.45) is 10.8 Å². The summed E-state index contributed by atoms with van der Waals surface area (Å²) in [5.41, 5.74) is 13.3. The van der Waals surface area contributed by atoms with Crippen molar-refractivity contribution >= 4 is 11.7 Å². The molecule has 0 heterocycles. The number of benzene rings is 1. The van der Waals surface area contributed by atoms with Gasteiger partial charge in [-0.3, -0.25) is 0 Å². The van der Waals surface area contributed by atoms with Crippen LogP contribution in [0, 0.1) is 13.8 Å². The van der Waals surface area contributed by atoms with E-state index in [1.165, 1.54) is 22.3 Å². The monoisotopic (exact) mass is 231 g/mol. The molecule has 1 aromatic rings. The lowest BCUT2D eigenvalue weighted by Gasteiger charge is -2.21. The highest BCUT2D eigenvalue weighted by atomic mass is 16.2. The second-order valence-corrected chi connectivity index (χ2v) is 4.44. The fourth-order valence-corrected chi connectivity index (χ4v) is 2.39. The lowest BCUT2D eigenvalue weighted by molar-refractivity contribution is 0.249. The molecule has 0 radical (unpaired) electrons. The largest absolute Gasteiger partial charge is 0.350 e. The number of nitrogens with zero attached hydrogens (tertiary/aromatic N) is 1. The molecule has 0 unspecified atom stereocenters. The van der Waals surface area contributed by atoms with Gasteiger partial charge in [0.25, 0.3) is 0 Å². The van der Waals surface area contributed by atoms with Crippen molar-refractivity contribution in [3.05, 3.63) is 34.4 Å². The Bertz CT molecular complexity index is 492. The number of urea groups is 1. The minimum Gasteiger partial charge on any atom is -0.350 e. The van der Waals surface area contributed by atoms with Gasteiger partial charge in [-0.2, -0.15) is 5.10 Å². The Kier molecular flexibility index (Phi) is 3.13. The van der Waals surface area contributed by atoms with Crippen molar-refractivity contribution in [1.29, 1.82) is 0 Å². The number of hydrazone groups is 1. The third-order valence-corrected chi connectivity index (χ3v) is 3.19. The molecular formula is C13H17N3O. The van der Waals surface area contributed by atoms with Gasteiger partial charge >= 0.3 is 6.03 Å². The van der Waals surface area contributed by atoms with Gasteiger partial charge in [0.2, 0.25) is 0 Å². The van der Waals surface area contributed by atoms with E-state index in [1.807, 2.05) is 0 Å². The minimum atomic E-state index is -0.616. The summed E-state index contributed by atoms with van der Waals surface area (Å²) in [7, 11) is 0. The Morgan fingerprint density at radius 3 is 2.71 bits per heavy atom. The van der Waals surface area contributed by atoms with Gasteiger partial charge in [-0.05, 0) is 49.8 Å². The average Bonchev–Trinajstić information content (AvgIpc) is 2.31. The number of fused-ring (bicyclic) bond motifs is 1. The molecule has 1 aliphatic rings. The molecule has 90 valence electrons. The highest BCUT2D eigenvalue weighted by Gasteiger charge is 2.19. The first kappa shape index (κ1) is 11.6. The summed E-state index contributed by atoms with van der Waals surface area (Å²) in [5, 5.41) is 4.12. The number of rotatable bonds is 1. The minimum absolute atomic E-state index is 0.616. The molecular weight excluding hydrogens is 214 g/mol. The highest BCUT2D eigenvalue weighted by Crippen LogP contribution is 2.27. The number of hydrogen-bond donors (Lipinski definition) is 2. The van der Waals surface area contributed by atoms with Crippen LogP contribution in [0.25, 0.3) is 0 Å². The molecule has 0 saturated heterocycles. The number of hydrogen-bond acceptors (Lipinski definition) is 2. The van der Waals surface area contributed by atoms with E-state index in [0.29, 0.717) is 0 Å². The third-order valence-electron chi connectivity index (χ3n) is 3.19. The standard InChI is InChI=1S/C13H17N3O/c1-8-6-7-9(2)12-10(8)4-3-5-11(12)15-16-13(14)17/h6-7H,3-5H2,1-2H3,(H3,14,16,17)/b15-11+. The molecule has 4 nitrogen and oxygen atoms in total.